The fourth-order valence-electron chi connectivity index (χ4n) is 4.17. The van der Waals surface area contributed by atoms with E-state index in [1.54, 1.807) is 24.3 Å². The predicted octanol–water partition coefficient (Wildman–Crippen LogP) is 6.70. The molecule has 4 unspecified atom stereocenters. The third kappa shape index (κ3) is 7.23. The van der Waals surface area contributed by atoms with Gasteiger partial charge < -0.3 is 9.47 Å². The van der Waals surface area contributed by atoms with E-state index in [0.29, 0.717) is 11.1 Å². The zero-order valence-corrected chi connectivity index (χ0v) is 19.3. The molecule has 0 aliphatic carbocycles. The first-order valence-corrected chi connectivity index (χ1v) is 11.5. The van der Waals surface area contributed by atoms with Crippen molar-refractivity contribution in [1.82, 2.24) is 0 Å². The molecule has 4 atom stereocenters. The molecule has 4 heteroatoms. The normalized spacial score (nSPS) is 14.8. The first kappa shape index (κ1) is 24.6. The molecule has 0 radical (unpaired) electrons. The molecule has 31 heavy (non-hydrogen) atoms. The molecule has 0 N–H and O–H groups in total. The van der Waals surface area contributed by atoms with Gasteiger partial charge in [0.2, 0.25) is 0 Å². The fourth-order valence-corrected chi connectivity index (χ4v) is 4.17. The number of ether oxygens (including phenoxy) is 2. The van der Waals surface area contributed by atoms with Crippen LogP contribution in [-0.4, -0.2) is 24.1 Å². The van der Waals surface area contributed by atoms with Gasteiger partial charge in [0.15, 0.2) is 0 Å². The summed E-state index contributed by atoms with van der Waals surface area (Å²) in [5.74, 6) is -0.511. The fraction of sp³-hybridized carbons (Fsp3) is 0.481. The van der Waals surface area contributed by atoms with Crippen LogP contribution in [0.25, 0.3) is 0 Å². The van der Waals surface area contributed by atoms with Gasteiger partial charge in [-0.25, -0.2) is 9.59 Å². The standard InChI is InChI=1S/C27H36O4/c1-5-14-21(7-3)25(31-27(29)23-18-12-9-13-19-23)24(15-6-2)20(4)30-26(28)22-16-10-8-11-17-22/h8-13,16-21,24-25H,5-7,14-15H2,1-4H3. The van der Waals surface area contributed by atoms with Crippen molar-refractivity contribution in [2.75, 3.05) is 0 Å². The maximum Gasteiger partial charge on any atom is 0.338 e. The number of benzene rings is 2. The molecule has 0 aromatic heterocycles. The largest absolute Gasteiger partial charge is 0.459 e. The highest BCUT2D eigenvalue weighted by molar-refractivity contribution is 5.90. The zero-order valence-electron chi connectivity index (χ0n) is 19.3. The summed E-state index contributed by atoms with van der Waals surface area (Å²) in [6, 6.07) is 18.1. The Labute approximate surface area is 187 Å². The predicted molar refractivity (Wildman–Crippen MR) is 124 cm³/mol. The van der Waals surface area contributed by atoms with E-state index in [1.165, 1.54) is 0 Å². The van der Waals surface area contributed by atoms with Gasteiger partial charge in [-0.1, -0.05) is 70.0 Å². The highest BCUT2D eigenvalue weighted by atomic mass is 16.6. The van der Waals surface area contributed by atoms with E-state index in [9.17, 15) is 9.59 Å². The van der Waals surface area contributed by atoms with Crippen molar-refractivity contribution in [3.05, 3.63) is 71.8 Å². The average molecular weight is 425 g/mol. The molecule has 2 aromatic carbocycles. The smallest absolute Gasteiger partial charge is 0.338 e. The molecule has 0 heterocycles. The third-order valence-electron chi connectivity index (χ3n) is 5.85. The second kappa shape index (κ2) is 12.9. The Balaban J connectivity index is 2.26. The van der Waals surface area contributed by atoms with Crippen LogP contribution >= 0.6 is 0 Å². The zero-order chi connectivity index (χ0) is 22.6. The molecule has 168 valence electrons. The molecule has 0 saturated carbocycles. The van der Waals surface area contributed by atoms with Crippen molar-refractivity contribution < 1.29 is 19.1 Å². The van der Waals surface area contributed by atoms with Crippen LogP contribution in [0, 0.1) is 11.8 Å². The number of hydrogen-bond acceptors (Lipinski definition) is 4. The van der Waals surface area contributed by atoms with E-state index in [4.69, 9.17) is 9.47 Å². The molecule has 0 spiro atoms. The molecular weight excluding hydrogens is 388 g/mol. The SMILES string of the molecule is CCCC(CC)C(OC(=O)c1ccccc1)C(CCC)C(C)OC(=O)c1ccccc1. The molecular formula is C27H36O4. The van der Waals surface area contributed by atoms with Crippen LogP contribution in [0.5, 0.6) is 0 Å². The highest BCUT2D eigenvalue weighted by Crippen LogP contribution is 2.32. The summed E-state index contributed by atoms with van der Waals surface area (Å²) in [5.41, 5.74) is 1.08. The van der Waals surface area contributed by atoms with E-state index < -0.39 is 0 Å². The number of hydrogen-bond donors (Lipinski definition) is 0. The van der Waals surface area contributed by atoms with Gasteiger partial charge in [0.25, 0.3) is 0 Å². The summed E-state index contributed by atoms with van der Waals surface area (Å²) in [7, 11) is 0. The first-order valence-electron chi connectivity index (χ1n) is 11.5. The minimum absolute atomic E-state index is 0.0678. The van der Waals surface area contributed by atoms with Crippen molar-refractivity contribution in [2.45, 2.75) is 72.0 Å². The topological polar surface area (TPSA) is 52.6 Å². The monoisotopic (exact) mass is 424 g/mol. The maximum atomic E-state index is 12.9. The molecule has 0 saturated heterocycles. The first-order chi connectivity index (χ1) is 15.0. The van der Waals surface area contributed by atoms with Crippen LogP contribution in [0.4, 0.5) is 0 Å². The summed E-state index contributed by atoms with van der Waals surface area (Å²) in [5, 5.41) is 0. The van der Waals surface area contributed by atoms with Crippen molar-refractivity contribution >= 4 is 11.9 Å². The van der Waals surface area contributed by atoms with Crippen LogP contribution in [0.2, 0.25) is 0 Å². The van der Waals surface area contributed by atoms with Gasteiger partial charge >= 0.3 is 11.9 Å². The van der Waals surface area contributed by atoms with E-state index in [0.717, 1.165) is 32.1 Å². The Morgan fingerprint density at radius 1 is 0.742 bits per heavy atom. The van der Waals surface area contributed by atoms with Crippen LogP contribution in [-0.2, 0) is 9.47 Å². The summed E-state index contributed by atoms with van der Waals surface area (Å²) in [6.45, 7) is 8.30. The Bertz CT molecular complexity index is 787. The van der Waals surface area contributed by atoms with Gasteiger partial charge in [0.05, 0.1) is 11.1 Å². The molecule has 0 bridgehead atoms. The molecule has 4 nitrogen and oxygen atoms in total. The molecule has 2 aromatic rings. The summed E-state index contributed by atoms with van der Waals surface area (Å²) < 4.78 is 12.0. The highest BCUT2D eigenvalue weighted by Gasteiger charge is 2.36. The van der Waals surface area contributed by atoms with E-state index in [1.807, 2.05) is 43.3 Å². The van der Waals surface area contributed by atoms with Crippen molar-refractivity contribution in [2.24, 2.45) is 11.8 Å². The maximum absolute atomic E-state index is 12.9. The average Bonchev–Trinajstić information content (AvgIpc) is 2.80. The van der Waals surface area contributed by atoms with Gasteiger partial charge in [-0.05, 0) is 56.4 Å². The molecule has 0 aliphatic rings. The Morgan fingerprint density at radius 3 is 1.68 bits per heavy atom. The summed E-state index contributed by atoms with van der Waals surface area (Å²) >= 11 is 0. The van der Waals surface area contributed by atoms with Crippen molar-refractivity contribution in [3.8, 4) is 0 Å². The molecule has 0 fully saturated rings. The van der Waals surface area contributed by atoms with Gasteiger partial charge in [-0.15, -0.1) is 0 Å². The van der Waals surface area contributed by atoms with Crippen LogP contribution < -0.4 is 0 Å². The number of carbonyl (C=O) groups is 2. The lowest BCUT2D eigenvalue weighted by atomic mass is 9.81. The quantitative estimate of drug-likeness (QED) is 0.356. The van der Waals surface area contributed by atoms with Crippen LogP contribution in [0.15, 0.2) is 60.7 Å². The Hall–Kier alpha value is -2.62. The van der Waals surface area contributed by atoms with Gasteiger partial charge in [0.1, 0.15) is 12.2 Å². The third-order valence-corrected chi connectivity index (χ3v) is 5.85. The van der Waals surface area contributed by atoms with Gasteiger partial charge in [0, 0.05) is 5.92 Å². The van der Waals surface area contributed by atoms with Gasteiger partial charge in [-0.3, -0.25) is 0 Å². The molecule has 2 rings (SSSR count). The van der Waals surface area contributed by atoms with Crippen LogP contribution in [0.1, 0.15) is 80.5 Å². The number of esters is 2. The lowest BCUT2D eigenvalue weighted by molar-refractivity contribution is -0.0519. The molecule has 0 aliphatic heterocycles. The van der Waals surface area contributed by atoms with Crippen molar-refractivity contribution in [3.63, 3.8) is 0 Å². The number of carbonyl (C=O) groups excluding carboxylic acids is 2. The van der Waals surface area contributed by atoms with Crippen molar-refractivity contribution in [1.29, 1.82) is 0 Å². The lowest BCUT2D eigenvalue weighted by Crippen LogP contribution is -2.41. The minimum Gasteiger partial charge on any atom is -0.459 e. The summed E-state index contributed by atoms with van der Waals surface area (Å²) in [6.07, 6.45) is 3.93. The summed E-state index contributed by atoms with van der Waals surface area (Å²) in [4.78, 5) is 25.6. The second-order valence-electron chi connectivity index (χ2n) is 8.12. The van der Waals surface area contributed by atoms with Crippen LogP contribution in [0.3, 0.4) is 0 Å². The van der Waals surface area contributed by atoms with E-state index >= 15 is 0 Å². The molecule has 0 amide bonds. The van der Waals surface area contributed by atoms with E-state index in [-0.39, 0.29) is 36.0 Å². The Morgan fingerprint density at radius 2 is 1.23 bits per heavy atom. The lowest BCUT2D eigenvalue weighted by Gasteiger charge is -2.36. The minimum atomic E-state index is -0.368. The number of rotatable bonds is 12. The van der Waals surface area contributed by atoms with Gasteiger partial charge in [-0.2, -0.15) is 0 Å². The Kier molecular flexibility index (Phi) is 10.3. The van der Waals surface area contributed by atoms with E-state index in [2.05, 4.69) is 20.8 Å². The second-order valence-corrected chi connectivity index (χ2v) is 8.12.